The zero-order valence-electron chi connectivity index (χ0n) is 7.01. The Labute approximate surface area is 71.5 Å². The third kappa shape index (κ3) is 1.30. The van der Waals surface area contributed by atoms with Crippen molar-refractivity contribution in [1.82, 2.24) is 15.5 Å². The maximum atomic E-state index is 5.75. The molecule has 1 aromatic heterocycles. The average molecular weight is 166 g/mol. The van der Waals surface area contributed by atoms with Crippen molar-refractivity contribution in [3.63, 3.8) is 0 Å². The standard InChI is InChI=1S/C8H14N4/c9-7-5-11-12-8(7)6-2-1-3-10-4-6/h5-6,10H,1-4,9H2,(H,11,12). The molecule has 0 amide bonds. The summed E-state index contributed by atoms with van der Waals surface area (Å²) in [6, 6.07) is 0. The third-order valence-corrected chi connectivity index (χ3v) is 2.40. The van der Waals surface area contributed by atoms with E-state index in [-0.39, 0.29) is 0 Å². The van der Waals surface area contributed by atoms with Gasteiger partial charge in [-0.1, -0.05) is 0 Å². The van der Waals surface area contributed by atoms with Gasteiger partial charge in [-0.15, -0.1) is 0 Å². The minimum Gasteiger partial charge on any atom is -0.396 e. The molecule has 0 radical (unpaired) electrons. The molecule has 0 aromatic carbocycles. The van der Waals surface area contributed by atoms with Crippen molar-refractivity contribution in [1.29, 1.82) is 0 Å². The van der Waals surface area contributed by atoms with Gasteiger partial charge in [0.25, 0.3) is 0 Å². The zero-order valence-corrected chi connectivity index (χ0v) is 7.01. The first-order valence-corrected chi connectivity index (χ1v) is 4.37. The maximum Gasteiger partial charge on any atom is 0.0733 e. The predicted molar refractivity (Wildman–Crippen MR) is 47.8 cm³/mol. The van der Waals surface area contributed by atoms with Crippen molar-refractivity contribution in [3.05, 3.63) is 11.9 Å². The van der Waals surface area contributed by atoms with Crippen LogP contribution in [-0.2, 0) is 0 Å². The van der Waals surface area contributed by atoms with Crippen molar-refractivity contribution < 1.29 is 0 Å². The highest BCUT2D eigenvalue weighted by Gasteiger charge is 2.18. The minimum atomic E-state index is 0.529. The molecule has 1 unspecified atom stereocenters. The molecule has 2 heterocycles. The van der Waals surface area contributed by atoms with Gasteiger partial charge >= 0.3 is 0 Å². The third-order valence-electron chi connectivity index (χ3n) is 2.40. The van der Waals surface area contributed by atoms with E-state index in [9.17, 15) is 0 Å². The first kappa shape index (κ1) is 7.61. The van der Waals surface area contributed by atoms with Crippen molar-refractivity contribution >= 4 is 5.69 Å². The van der Waals surface area contributed by atoms with Crippen LogP contribution in [0, 0.1) is 0 Å². The van der Waals surface area contributed by atoms with Crippen LogP contribution < -0.4 is 11.1 Å². The van der Waals surface area contributed by atoms with Crippen LogP contribution in [0.25, 0.3) is 0 Å². The summed E-state index contributed by atoms with van der Waals surface area (Å²) in [6.45, 7) is 2.15. The van der Waals surface area contributed by atoms with Crippen molar-refractivity contribution in [2.24, 2.45) is 0 Å². The molecule has 0 spiro atoms. The number of nitrogen functional groups attached to an aromatic ring is 1. The van der Waals surface area contributed by atoms with Crippen LogP contribution in [-0.4, -0.2) is 23.3 Å². The van der Waals surface area contributed by atoms with Gasteiger partial charge in [0.1, 0.15) is 0 Å². The van der Waals surface area contributed by atoms with Crippen LogP contribution in [0.3, 0.4) is 0 Å². The summed E-state index contributed by atoms with van der Waals surface area (Å²) in [6.07, 6.45) is 4.12. The van der Waals surface area contributed by atoms with Gasteiger partial charge in [-0.25, -0.2) is 0 Å². The first-order chi connectivity index (χ1) is 5.88. The lowest BCUT2D eigenvalue weighted by atomic mass is 9.96. The highest BCUT2D eigenvalue weighted by atomic mass is 15.1. The Morgan fingerprint density at radius 1 is 1.58 bits per heavy atom. The number of nitrogens with one attached hydrogen (secondary N) is 2. The van der Waals surface area contributed by atoms with Gasteiger partial charge in [-0.2, -0.15) is 5.10 Å². The normalized spacial score (nSPS) is 24.2. The molecule has 1 saturated heterocycles. The number of nitrogens with zero attached hydrogens (tertiary/aromatic N) is 1. The Balaban J connectivity index is 2.13. The predicted octanol–water partition coefficient (Wildman–Crippen LogP) is 0.459. The van der Waals surface area contributed by atoms with E-state index >= 15 is 0 Å². The van der Waals surface area contributed by atoms with Gasteiger partial charge in [0, 0.05) is 12.5 Å². The summed E-state index contributed by atoms with van der Waals surface area (Å²) in [4.78, 5) is 0. The molecule has 1 fully saturated rings. The van der Waals surface area contributed by atoms with Crippen LogP contribution in [0.1, 0.15) is 24.5 Å². The number of H-pyrrole nitrogens is 1. The highest BCUT2D eigenvalue weighted by molar-refractivity contribution is 5.42. The number of piperidine rings is 1. The molecule has 0 bridgehead atoms. The van der Waals surface area contributed by atoms with Crippen molar-refractivity contribution in [2.45, 2.75) is 18.8 Å². The lowest BCUT2D eigenvalue weighted by Gasteiger charge is -2.21. The number of nitrogens with two attached hydrogens (primary N) is 1. The quantitative estimate of drug-likeness (QED) is 0.567. The van der Waals surface area contributed by atoms with Crippen LogP contribution >= 0.6 is 0 Å². The monoisotopic (exact) mass is 166 g/mol. The SMILES string of the molecule is Nc1cn[nH]c1C1CCCNC1. The van der Waals surface area contributed by atoms with Gasteiger partial charge in [-0.3, -0.25) is 5.10 Å². The molecular weight excluding hydrogens is 152 g/mol. The van der Waals surface area contributed by atoms with E-state index < -0.39 is 0 Å². The Hall–Kier alpha value is -1.03. The molecule has 4 N–H and O–H groups in total. The van der Waals surface area contributed by atoms with Gasteiger partial charge in [0.2, 0.25) is 0 Å². The summed E-state index contributed by atoms with van der Waals surface area (Å²) in [5.74, 6) is 0.529. The second kappa shape index (κ2) is 3.15. The van der Waals surface area contributed by atoms with Crippen LogP contribution in [0.15, 0.2) is 6.20 Å². The molecule has 12 heavy (non-hydrogen) atoms. The Kier molecular flexibility index (Phi) is 1.99. The molecule has 0 aliphatic carbocycles. The Bertz CT molecular complexity index is 249. The lowest BCUT2D eigenvalue weighted by molar-refractivity contribution is 0.455. The second-order valence-corrected chi connectivity index (χ2v) is 3.28. The number of hydrogen-bond donors (Lipinski definition) is 3. The first-order valence-electron chi connectivity index (χ1n) is 4.37. The second-order valence-electron chi connectivity index (χ2n) is 3.28. The molecule has 4 heteroatoms. The number of aromatic nitrogens is 2. The van der Waals surface area contributed by atoms with Crippen LogP contribution in [0.5, 0.6) is 0 Å². The Morgan fingerprint density at radius 3 is 3.08 bits per heavy atom. The summed E-state index contributed by atoms with van der Waals surface area (Å²) >= 11 is 0. The molecule has 1 aliphatic rings. The molecule has 2 rings (SSSR count). The van der Waals surface area contributed by atoms with Crippen LogP contribution in [0.2, 0.25) is 0 Å². The lowest BCUT2D eigenvalue weighted by Crippen LogP contribution is -2.28. The average Bonchev–Trinajstić information content (AvgIpc) is 2.53. The smallest absolute Gasteiger partial charge is 0.0733 e. The van der Waals surface area contributed by atoms with Gasteiger partial charge in [0.05, 0.1) is 17.6 Å². The van der Waals surface area contributed by atoms with E-state index in [2.05, 4.69) is 15.5 Å². The van der Waals surface area contributed by atoms with Gasteiger partial charge in [0.15, 0.2) is 0 Å². The fourth-order valence-corrected chi connectivity index (χ4v) is 1.73. The van der Waals surface area contributed by atoms with E-state index in [4.69, 9.17) is 5.73 Å². The fraction of sp³-hybridized carbons (Fsp3) is 0.625. The number of hydrogen-bond acceptors (Lipinski definition) is 3. The largest absolute Gasteiger partial charge is 0.396 e. The van der Waals surface area contributed by atoms with Gasteiger partial charge < -0.3 is 11.1 Å². The molecule has 4 nitrogen and oxygen atoms in total. The highest BCUT2D eigenvalue weighted by Crippen LogP contribution is 2.24. The molecule has 1 aliphatic heterocycles. The molecule has 1 aromatic rings. The summed E-state index contributed by atoms with van der Waals surface area (Å²) in [5, 5.41) is 10.2. The van der Waals surface area contributed by atoms with E-state index in [0.717, 1.165) is 24.5 Å². The number of anilines is 1. The molecule has 66 valence electrons. The van der Waals surface area contributed by atoms with Crippen molar-refractivity contribution in [3.8, 4) is 0 Å². The van der Waals surface area contributed by atoms with Gasteiger partial charge in [-0.05, 0) is 19.4 Å². The molecule has 1 atom stereocenters. The summed E-state index contributed by atoms with van der Waals surface area (Å²) in [5.41, 5.74) is 7.64. The number of aromatic amines is 1. The van der Waals surface area contributed by atoms with E-state index in [1.807, 2.05) is 0 Å². The maximum absolute atomic E-state index is 5.75. The van der Waals surface area contributed by atoms with Crippen molar-refractivity contribution in [2.75, 3.05) is 18.8 Å². The zero-order chi connectivity index (χ0) is 8.39. The summed E-state index contributed by atoms with van der Waals surface area (Å²) in [7, 11) is 0. The van der Waals surface area contributed by atoms with E-state index in [1.54, 1.807) is 6.20 Å². The number of rotatable bonds is 1. The van der Waals surface area contributed by atoms with E-state index in [1.165, 1.54) is 12.8 Å². The Morgan fingerprint density at radius 2 is 2.50 bits per heavy atom. The topological polar surface area (TPSA) is 66.7 Å². The summed E-state index contributed by atoms with van der Waals surface area (Å²) < 4.78 is 0. The minimum absolute atomic E-state index is 0.529. The molecular formula is C8H14N4. The fourth-order valence-electron chi connectivity index (χ4n) is 1.73. The molecule has 0 saturated carbocycles. The van der Waals surface area contributed by atoms with Crippen LogP contribution in [0.4, 0.5) is 5.69 Å². The van der Waals surface area contributed by atoms with E-state index in [0.29, 0.717) is 5.92 Å².